The summed E-state index contributed by atoms with van der Waals surface area (Å²) in [6.07, 6.45) is 0.285. The van der Waals surface area contributed by atoms with Gasteiger partial charge in [0.2, 0.25) is 5.91 Å². The van der Waals surface area contributed by atoms with Gasteiger partial charge in [0, 0.05) is 62.0 Å². The predicted octanol–water partition coefficient (Wildman–Crippen LogP) is 4.00. The molecule has 0 aliphatic carbocycles. The molecular formula is C21H22Cl2N4O4. The minimum absolute atomic E-state index is 0.0113. The van der Waals surface area contributed by atoms with Gasteiger partial charge in [0.15, 0.2) is 0 Å². The van der Waals surface area contributed by atoms with E-state index in [9.17, 15) is 19.7 Å². The Hall–Kier alpha value is -2.68. The number of non-ortho nitro benzene ring substituents is 1. The van der Waals surface area contributed by atoms with Crippen molar-refractivity contribution in [3.05, 3.63) is 67.7 Å². The quantitative estimate of drug-likeness (QED) is 0.514. The number of nitro benzene ring substituents is 1. The van der Waals surface area contributed by atoms with Crippen molar-refractivity contribution in [1.29, 1.82) is 0 Å². The molecule has 0 bridgehead atoms. The van der Waals surface area contributed by atoms with Crippen molar-refractivity contribution >= 4 is 46.4 Å². The van der Waals surface area contributed by atoms with Crippen LogP contribution in [0, 0.1) is 17.0 Å². The monoisotopic (exact) mass is 464 g/mol. The molecule has 1 fully saturated rings. The molecule has 2 aromatic carbocycles. The second-order valence-corrected chi connectivity index (χ2v) is 8.16. The Morgan fingerprint density at radius 1 is 1.10 bits per heavy atom. The summed E-state index contributed by atoms with van der Waals surface area (Å²) >= 11 is 12.0. The van der Waals surface area contributed by atoms with Crippen molar-refractivity contribution in [3.8, 4) is 0 Å². The standard InChI is InChI=1S/C21H22Cl2N4O4/c1-14-12-16(27(30)31)3-5-19(14)24-20(28)6-7-25-8-10-26(11-9-25)21(29)17-4-2-15(22)13-18(17)23/h2-5,12-13H,6-11H2,1H3,(H,24,28). The second kappa shape index (κ2) is 10.1. The number of nitro groups is 1. The minimum atomic E-state index is -0.468. The Bertz CT molecular complexity index is 1010. The van der Waals surface area contributed by atoms with E-state index in [1.807, 2.05) is 0 Å². The summed E-state index contributed by atoms with van der Waals surface area (Å²) in [6.45, 7) is 4.66. The van der Waals surface area contributed by atoms with Gasteiger partial charge in [-0.05, 0) is 36.8 Å². The first-order valence-corrected chi connectivity index (χ1v) is 10.5. The number of anilines is 1. The zero-order chi connectivity index (χ0) is 22.5. The van der Waals surface area contributed by atoms with Gasteiger partial charge in [0.1, 0.15) is 0 Å². The molecule has 0 aromatic heterocycles. The number of piperazine rings is 1. The van der Waals surface area contributed by atoms with Crippen LogP contribution in [0.25, 0.3) is 0 Å². The third-order valence-corrected chi connectivity index (χ3v) is 5.72. The summed E-state index contributed by atoms with van der Waals surface area (Å²) in [4.78, 5) is 39.2. The lowest BCUT2D eigenvalue weighted by Crippen LogP contribution is -2.49. The van der Waals surface area contributed by atoms with Gasteiger partial charge in [-0.15, -0.1) is 0 Å². The lowest BCUT2D eigenvalue weighted by atomic mass is 10.1. The molecular weight excluding hydrogens is 443 g/mol. The van der Waals surface area contributed by atoms with Gasteiger partial charge in [-0.1, -0.05) is 23.2 Å². The average molecular weight is 465 g/mol. The molecule has 0 saturated carbocycles. The van der Waals surface area contributed by atoms with Crippen molar-refractivity contribution in [2.45, 2.75) is 13.3 Å². The molecule has 1 heterocycles. The van der Waals surface area contributed by atoms with E-state index in [0.29, 0.717) is 59.6 Å². The fourth-order valence-corrected chi connectivity index (χ4v) is 3.87. The minimum Gasteiger partial charge on any atom is -0.336 e. The maximum absolute atomic E-state index is 12.7. The second-order valence-electron chi connectivity index (χ2n) is 7.31. The third kappa shape index (κ3) is 5.94. The van der Waals surface area contributed by atoms with Crippen LogP contribution in [0.2, 0.25) is 10.0 Å². The van der Waals surface area contributed by atoms with Crippen molar-refractivity contribution in [1.82, 2.24) is 9.80 Å². The molecule has 1 saturated heterocycles. The molecule has 31 heavy (non-hydrogen) atoms. The maximum Gasteiger partial charge on any atom is 0.269 e. The summed E-state index contributed by atoms with van der Waals surface area (Å²) in [5.74, 6) is -0.295. The van der Waals surface area contributed by atoms with E-state index in [-0.39, 0.29) is 23.9 Å². The first-order chi connectivity index (χ1) is 14.7. The molecule has 164 valence electrons. The number of halogens is 2. The molecule has 8 nitrogen and oxygen atoms in total. The number of nitrogens with one attached hydrogen (secondary N) is 1. The number of carbonyl (C=O) groups excluding carboxylic acids is 2. The first-order valence-electron chi connectivity index (χ1n) is 9.76. The van der Waals surface area contributed by atoms with Crippen molar-refractivity contribution < 1.29 is 14.5 Å². The topological polar surface area (TPSA) is 95.8 Å². The first kappa shape index (κ1) is 23.0. The number of aryl methyl sites for hydroxylation is 1. The zero-order valence-electron chi connectivity index (χ0n) is 16.9. The summed E-state index contributed by atoms with van der Waals surface area (Å²) in [6, 6.07) is 9.16. The van der Waals surface area contributed by atoms with Crippen molar-refractivity contribution in [2.75, 3.05) is 38.0 Å². The lowest BCUT2D eigenvalue weighted by molar-refractivity contribution is -0.384. The Balaban J connectivity index is 1.46. The third-order valence-electron chi connectivity index (χ3n) is 5.17. The molecule has 1 aliphatic rings. The van der Waals surface area contributed by atoms with Crippen LogP contribution in [-0.4, -0.2) is 59.3 Å². The Labute approximate surface area is 189 Å². The van der Waals surface area contributed by atoms with E-state index in [4.69, 9.17) is 23.2 Å². The normalized spacial score (nSPS) is 14.4. The lowest BCUT2D eigenvalue weighted by Gasteiger charge is -2.34. The van der Waals surface area contributed by atoms with E-state index in [1.165, 1.54) is 18.2 Å². The highest BCUT2D eigenvalue weighted by molar-refractivity contribution is 6.36. The smallest absolute Gasteiger partial charge is 0.269 e. The Morgan fingerprint density at radius 3 is 2.42 bits per heavy atom. The van der Waals surface area contributed by atoms with E-state index < -0.39 is 4.92 Å². The molecule has 0 unspecified atom stereocenters. The molecule has 10 heteroatoms. The van der Waals surface area contributed by atoms with E-state index in [0.717, 1.165) is 0 Å². The number of hydrogen-bond acceptors (Lipinski definition) is 5. The molecule has 2 aromatic rings. The van der Waals surface area contributed by atoms with Crippen LogP contribution in [0.3, 0.4) is 0 Å². The fraction of sp³-hybridized carbons (Fsp3) is 0.333. The number of carbonyl (C=O) groups is 2. The van der Waals surface area contributed by atoms with Gasteiger partial charge in [-0.2, -0.15) is 0 Å². The van der Waals surface area contributed by atoms with E-state index in [2.05, 4.69) is 10.2 Å². The van der Waals surface area contributed by atoms with E-state index >= 15 is 0 Å². The van der Waals surface area contributed by atoms with Gasteiger partial charge in [-0.3, -0.25) is 24.6 Å². The number of amides is 2. The highest BCUT2D eigenvalue weighted by atomic mass is 35.5. The summed E-state index contributed by atoms with van der Waals surface area (Å²) in [5.41, 5.74) is 1.61. The fourth-order valence-electron chi connectivity index (χ4n) is 3.38. The predicted molar refractivity (Wildman–Crippen MR) is 120 cm³/mol. The highest BCUT2D eigenvalue weighted by Crippen LogP contribution is 2.23. The number of benzene rings is 2. The SMILES string of the molecule is Cc1cc([N+](=O)[O-])ccc1NC(=O)CCN1CCN(C(=O)c2ccc(Cl)cc2Cl)CC1. The Kier molecular flexibility index (Phi) is 7.48. The summed E-state index contributed by atoms with van der Waals surface area (Å²) in [7, 11) is 0. The molecule has 0 atom stereocenters. The molecule has 1 aliphatic heterocycles. The van der Waals surface area contributed by atoms with Gasteiger partial charge >= 0.3 is 0 Å². The highest BCUT2D eigenvalue weighted by Gasteiger charge is 2.24. The van der Waals surface area contributed by atoms with Crippen LogP contribution < -0.4 is 5.32 Å². The molecule has 1 N–H and O–H groups in total. The maximum atomic E-state index is 12.7. The molecule has 0 spiro atoms. The van der Waals surface area contributed by atoms with Crippen molar-refractivity contribution in [3.63, 3.8) is 0 Å². The van der Waals surface area contributed by atoms with Gasteiger partial charge < -0.3 is 10.2 Å². The van der Waals surface area contributed by atoms with Crippen LogP contribution in [-0.2, 0) is 4.79 Å². The van der Waals surface area contributed by atoms with Crippen LogP contribution >= 0.6 is 23.2 Å². The largest absolute Gasteiger partial charge is 0.336 e. The van der Waals surface area contributed by atoms with Crippen LogP contribution in [0.15, 0.2) is 36.4 Å². The molecule has 0 radical (unpaired) electrons. The number of rotatable bonds is 6. The van der Waals surface area contributed by atoms with Crippen LogP contribution in [0.5, 0.6) is 0 Å². The van der Waals surface area contributed by atoms with Gasteiger partial charge in [0.05, 0.1) is 15.5 Å². The average Bonchev–Trinajstić information content (AvgIpc) is 2.73. The number of hydrogen-bond donors (Lipinski definition) is 1. The summed E-state index contributed by atoms with van der Waals surface area (Å²) < 4.78 is 0. The van der Waals surface area contributed by atoms with Gasteiger partial charge in [0.25, 0.3) is 11.6 Å². The van der Waals surface area contributed by atoms with Gasteiger partial charge in [-0.25, -0.2) is 0 Å². The van der Waals surface area contributed by atoms with E-state index in [1.54, 1.807) is 30.0 Å². The van der Waals surface area contributed by atoms with Crippen LogP contribution in [0.4, 0.5) is 11.4 Å². The zero-order valence-corrected chi connectivity index (χ0v) is 18.4. The molecule has 2 amide bonds. The summed E-state index contributed by atoms with van der Waals surface area (Å²) in [5, 5.41) is 14.4. The van der Waals surface area contributed by atoms with Crippen molar-refractivity contribution in [2.24, 2.45) is 0 Å². The molecule has 3 rings (SSSR count). The number of nitrogens with zero attached hydrogens (tertiary/aromatic N) is 3. The van der Waals surface area contributed by atoms with Crippen LogP contribution in [0.1, 0.15) is 22.3 Å². The Morgan fingerprint density at radius 2 is 1.81 bits per heavy atom.